The van der Waals surface area contributed by atoms with E-state index in [1.165, 1.54) is 6.42 Å². The van der Waals surface area contributed by atoms with Crippen molar-refractivity contribution in [2.75, 3.05) is 52.6 Å². The van der Waals surface area contributed by atoms with E-state index in [1.807, 2.05) is 19.1 Å². The summed E-state index contributed by atoms with van der Waals surface area (Å²) in [6.45, 7) is 8.62. The lowest BCUT2D eigenvalue weighted by Crippen LogP contribution is -2.46. The van der Waals surface area contributed by atoms with Crippen LogP contribution in [0.4, 0.5) is 0 Å². The average Bonchev–Trinajstić information content (AvgIpc) is 2.72. The number of benzene rings is 1. The van der Waals surface area contributed by atoms with Crippen LogP contribution >= 0.6 is 0 Å². The van der Waals surface area contributed by atoms with Crippen LogP contribution in [0.25, 0.3) is 0 Å². The van der Waals surface area contributed by atoms with E-state index in [0.717, 1.165) is 75.5 Å². The van der Waals surface area contributed by atoms with E-state index in [2.05, 4.69) is 9.80 Å². The van der Waals surface area contributed by atoms with Gasteiger partial charge in [-0.25, -0.2) is 0 Å². The number of fused-ring (bicyclic) bond motifs is 1. The molecule has 0 bridgehead atoms. The van der Waals surface area contributed by atoms with Crippen molar-refractivity contribution in [3.63, 3.8) is 0 Å². The standard InChI is InChI=1S/C21H30N2O4/c1-16-14-19-20(27-13-12-26-19)15-18(16)21(24)23-6-3-2-4-17(23)5-7-22-8-10-25-11-9-22/h14-15,17H,2-13H2,1H3/t17-/m1/s1. The number of nitrogens with zero attached hydrogens (tertiary/aromatic N) is 2. The van der Waals surface area contributed by atoms with Crippen molar-refractivity contribution in [1.82, 2.24) is 9.80 Å². The minimum absolute atomic E-state index is 0.135. The number of carbonyl (C=O) groups is 1. The molecule has 6 heteroatoms. The van der Waals surface area contributed by atoms with E-state index >= 15 is 0 Å². The third-order valence-corrected chi connectivity index (χ3v) is 5.89. The molecular formula is C21H30N2O4. The first-order valence-corrected chi connectivity index (χ1v) is 10.2. The third-order valence-electron chi connectivity index (χ3n) is 5.89. The Morgan fingerprint density at radius 2 is 1.78 bits per heavy atom. The summed E-state index contributed by atoms with van der Waals surface area (Å²) in [6.07, 6.45) is 4.43. The highest BCUT2D eigenvalue weighted by atomic mass is 16.6. The van der Waals surface area contributed by atoms with Crippen LogP contribution in [-0.4, -0.2) is 74.4 Å². The molecule has 4 rings (SSSR count). The van der Waals surface area contributed by atoms with Gasteiger partial charge in [-0.2, -0.15) is 0 Å². The second-order valence-corrected chi connectivity index (χ2v) is 7.70. The van der Waals surface area contributed by atoms with Crippen LogP contribution in [0, 0.1) is 6.92 Å². The maximum Gasteiger partial charge on any atom is 0.254 e. The van der Waals surface area contributed by atoms with Crippen molar-refractivity contribution in [2.24, 2.45) is 0 Å². The molecule has 2 fully saturated rings. The molecular weight excluding hydrogens is 344 g/mol. The van der Waals surface area contributed by atoms with Crippen molar-refractivity contribution in [2.45, 2.75) is 38.6 Å². The zero-order chi connectivity index (χ0) is 18.6. The highest BCUT2D eigenvalue weighted by Crippen LogP contribution is 2.34. The molecule has 3 aliphatic rings. The zero-order valence-electron chi connectivity index (χ0n) is 16.2. The molecule has 1 aromatic carbocycles. The number of aryl methyl sites for hydroxylation is 1. The summed E-state index contributed by atoms with van der Waals surface area (Å²) < 4.78 is 16.8. The predicted octanol–water partition coefficient (Wildman–Crippen LogP) is 2.48. The van der Waals surface area contributed by atoms with Crippen LogP contribution in [-0.2, 0) is 4.74 Å². The second kappa shape index (κ2) is 8.48. The average molecular weight is 374 g/mol. The van der Waals surface area contributed by atoms with Gasteiger partial charge in [0.1, 0.15) is 13.2 Å². The highest BCUT2D eigenvalue weighted by molar-refractivity contribution is 5.96. The van der Waals surface area contributed by atoms with Gasteiger partial charge in [0.2, 0.25) is 0 Å². The highest BCUT2D eigenvalue weighted by Gasteiger charge is 2.29. The van der Waals surface area contributed by atoms with Crippen LogP contribution < -0.4 is 9.47 Å². The fourth-order valence-corrected chi connectivity index (χ4v) is 4.30. The van der Waals surface area contributed by atoms with Gasteiger partial charge in [-0.1, -0.05) is 0 Å². The van der Waals surface area contributed by atoms with Gasteiger partial charge >= 0.3 is 0 Å². The van der Waals surface area contributed by atoms with Gasteiger partial charge in [-0.05, 0) is 50.3 Å². The summed E-state index contributed by atoms with van der Waals surface area (Å²) in [6, 6.07) is 4.13. The van der Waals surface area contributed by atoms with Crippen molar-refractivity contribution < 1.29 is 19.0 Å². The Morgan fingerprint density at radius 3 is 2.56 bits per heavy atom. The Hall–Kier alpha value is -1.79. The van der Waals surface area contributed by atoms with Crippen LogP contribution in [0.3, 0.4) is 0 Å². The molecule has 1 atom stereocenters. The minimum atomic E-state index is 0.135. The number of piperidine rings is 1. The fourth-order valence-electron chi connectivity index (χ4n) is 4.30. The number of likely N-dealkylation sites (tertiary alicyclic amines) is 1. The van der Waals surface area contributed by atoms with Gasteiger partial charge in [-0.3, -0.25) is 9.69 Å². The number of hydrogen-bond donors (Lipinski definition) is 0. The van der Waals surface area contributed by atoms with Crippen molar-refractivity contribution in [1.29, 1.82) is 0 Å². The quantitative estimate of drug-likeness (QED) is 0.810. The molecule has 0 spiro atoms. The summed E-state index contributed by atoms with van der Waals surface area (Å²) in [7, 11) is 0. The minimum Gasteiger partial charge on any atom is -0.486 e. The van der Waals surface area contributed by atoms with Crippen LogP contribution in [0.1, 0.15) is 41.6 Å². The normalized spacial score (nSPS) is 23.3. The molecule has 27 heavy (non-hydrogen) atoms. The van der Waals surface area contributed by atoms with Gasteiger partial charge in [0.05, 0.1) is 13.2 Å². The Labute approximate surface area is 161 Å². The number of morpholine rings is 1. The molecule has 148 valence electrons. The molecule has 2 saturated heterocycles. The van der Waals surface area contributed by atoms with Crippen molar-refractivity contribution in [3.05, 3.63) is 23.3 Å². The molecule has 6 nitrogen and oxygen atoms in total. The smallest absolute Gasteiger partial charge is 0.254 e. The van der Waals surface area contributed by atoms with Crippen LogP contribution in [0.15, 0.2) is 12.1 Å². The molecule has 0 aliphatic carbocycles. The maximum atomic E-state index is 13.4. The van der Waals surface area contributed by atoms with E-state index in [1.54, 1.807) is 0 Å². The Bertz CT molecular complexity index is 672. The van der Waals surface area contributed by atoms with Gasteiger partial charge < -0.3 is 19.1 Å². The number of carbonyl (C=O) groups excluding carboxylic acids is 1. The third kappa shape index (κ3) is 4.22. The van der Waals surface area contributed by atoms with Gasteiger partial charge in [0, 0.05) is 37.8 Å². The summed E-state index contributed by atoms with van der Waals surface area (Å²) >= 11 is 0. The van der Waals surface area contributed by atoms with E-state index in [0.29, 0.717) is 25.0 Å². The first-order valence-electron chi connectivity index (χ1n) is 10.2. The summed E-state index contributed by atoms with van der Waals surface area (Å²) in [5, 5.41) is 0. The Balaban J connectivity index is 1.47. The largest absolute Gasteiger partial charge is 0.486 e. The second-order valence-electron chi connectivity index (χ2n) is 7.70. The molecule has 0 radical (unpaired) electrons. The number of amides is 1. The van der Waals surface area contributed by atoms with Crippen molar-refractivity contribution in [3.8, 4) is 11.5 Å². The number of rotatable bonds is 4. The lowest BCUT2D eigenvalue weighted by molar-refractivity contribution is 0.0295. The molecule has 0 N–H and O–H groups in total. The predicted molar refractivity (Wildman–Crippen MR) is 103 cm³/mol. The first-order chi connectivity index (χ1) is 13.2. The number of ether oxygens (including phenoxy) is 3. The molecule has 3 aliphatic heterocycles. The van der Waals surface area contributed by atoms with E-state index in [4.69, 9.17) is 14.2 Å². The Kier molecular flexibility index (Phi) is 5.83. The summed E-state index contributed by atoms with van der Waals surface area (Å²) in [5.41, 5.74) is 1.71. The van der Waals surface area contributed by atoms with Crippen LogP contribution in [0.5, 0.6) is 11.5 Å². The molecule has 3 heterocycles. The Morgan fingerprint density at radius 1 is 1.04 bits per heavy atom. The van der Waals surface area contributed by atoms with E-state index < -0.39 is 0 Å². The first kappa shape index (κ1) is 18.6. The van der Waals surface area contributed by atoms with Gasteiger partial charge in [-0.15, -0.1) is 0 Å². The summed E-state index contributed by atoms with van der Waals surface area (Å²) in [5.74, 6) is 1.58. The zero-order valence-corrected chi connectivity index (χ0v) is 16.2. The van der Waals surface area contributed by atoms with E-state index in [9.17, 15) is 4.79 Å². The van der Waals surface area contributed by atoms with Crippen LogP contribution in [0.2, 0.25) is 0 Å². The SMILES string of the molecule is Cc1cc2c(cc1C(=O)N1CCCC[C@@H]1CCN1CCOCC1)OCCO2. The van der Waals surface area contributed by atoms with Crippen molar-refractivity contribution >= 4 is 5.91 Å². The molecule has 0 saturated carbocycles. The molecule has 1 aromatic rings. The lowest BCUT2D eigenvalue weighted by atomic mass is 9.96. The lowest BCUT2D eigenvalue weighted by Gasteiger charge is -2.38. The molecule has 0 unspecified atom stereocenters. The monoisotopic (exact) mass is 374 g/mol. The fraction of sp³-hybridized carbons (Fsp3) is 0.667. The van der Waals surface area contributed by atoms with Gasteiger partial charge in [0.15, 0.2) is 11.5 Å². The maximum absolute atomic E-state index is 13.4. The number of hydrogen-bond acceptors (Lipinski definition) is 5. The topological polar surface area (TPSA) is 51.2 Å². The van der Waals surface area contributed by atoms with E-state index in [-0.39, 0.29) is 5.91 Å². The van der Waals surface area contributed by atoms with Gasteiger partial charge in [0.25, 0.3) is 5.91 Å². The molecule has 0 aromatic heterocycles. The molecule has 1 amide bonds. The summed E-state index contributed by atoms with van der Waals surface area (Å²) in [4.78, 5) is 17.9.